The number of fused-ring (bicyclic) bond motifs is 3. The number of aryl methyl sites for hydroxylation is 1. The van der Waals surface area contributed by atoms with E-state index >= 15 is 0 Å². The van der Waals surface area contributed by atoms with Gasteiger partial charge in [-0.2, -0.15) is 0 Å². The lowest BCUT2D eigenvalue weighted by Gasteiger charge is -2.47. The summed E-state index contributed by atoms with van der Waals surface area (Å²) >= 11 is 0. The Morgan fingerprint density at radius 1 is 1.24 bits per heavy atom. The normalized spacial score (nSPS) is 29.1. The topological polar surface area (TPSA) is 61.4 Å². The van der Waals surface area contributed by atoms with Gasteiger partial charge in [0, 0.05) is 71.1 Å². The molecule has 160 valence electrons. The molecule has 2 N–H and O–H groups in total. The van der Waals surface area contributed by atoms with Gasteiger partial charge < -0.3 is 20.1 Å². The van der Waals surface area contributed by atoms with E-state index in [1.165, 1.54) is 31.7 Å². The number of nitrogens with one attached hydrogen (secondary N) is 2. The van der Waals surface area contributed by atoms with Gasteiger partial charge in [0.2, 0.25) is 0 Å². The molecule has 0 aromatic heterocycles. The van der Waals surface area contributed by atoms with E-state index in [4.69, 9.17) is 9.47 Å². The first kappa shape index (κ1) is 20.4. The van der Waals surface area contributed by atoms with Gasteiger partial charge in [-0.3, -0.25) is 14.8 Å². The van der Waals surface area contributed by atoms with Crippen LogP contribution in [0.25, 0.3) is 0 Å². The van der Waals surface area contributed by atoms with Gasteiger partial charge in [-0.05, 0) is 31.4 Å². The fourth-order valence-corrected chi connectivity index (χ4v) is 4.43. The van der Waals surface area contributed by atoms with Crippen LogP contribution in [0.2, 0.25) is 0 Å². The molecule has 0 saturated carbocycles. The maximum Gasteiger partial charge on any atom is 0.191 e. The van der Waals surface area contributed by atoms with Gasteiger partial charge in [0.1, 0.15) is 12.4 Å². The molecule has 4 saturated heterocycles. The van der Waals surface area contributed by atoms with E-state index in [-0.39, 0.29) is 6.10 Å². The van der Waals surface area contributed by atoms with E-state index in [0.717, 1.165) is 49.8 Å². The van der Waals surface area contributed by atoms with Gasteiger partial charge in [-0.1, -0.05) is 12.1 Å². The second kappa shape index (κ2) is 9.78. The standard InChI is InChI=1S/C22H35N5O2/c1-17-5-6-18(21(12-17)29-16-20-4-3-11-28-20)13-24-22(23-2)25-14-19-15-26-7-9-27(19)10-8-26/h5-6,12,19-20H,3-4,7-11,13-16H2,1-2H3,(H2,23,24,25). The highest BCUT2D eigenvalue weighted by Gasteiger charge is 2.31. The summed E-state index contributed by atoms with van der Waals surface area (Å²) in [6, 6.07) is 6.95. The molecule has 7 nitrogen and oxygen atoms in total. The van der Waals surface area contributed by atoms with Gasteiger partial charge in [-0.15, -0.1) is 0 Å². The molecule has 4 fully saturated rings. The van der Waals surface area contributed by atoms with Crippen LogP contribution in [0.3, 0.4) is 0 Å². The van der Waals surface area contributed by atoms with Crippen molar-refractivity contribution >= 4 is 5.96 Å². The lowest BCUT2D eigenvalue weighted by atomic mass is 10.1. The Morgan fingerprint density at radius 3 is 2.79 bits per heavy atom. The quantitative estimate of drug-likeness (QED) is 0.529. The summed E-state index contributed by atoms with van der Waals surface area (Å²) < 4.78 is 11.8. The highest BCUT2D eigenvalue weighted by molar-refractivity contribution is 5.79. The number of aliphatic imine (C=N–C) groups is 1. The predicted molar refractivity (Wildman–Crippen MR) is 116 cm³/mol. The number of rotatable bonds is 7. The Balaban J connectivity index is 1.28. The monoisotopic (exact) mass is 401 g/mol. The Morgan fingerprint density at radius 2 is 2.10 bits per heavy atom. The van der Waals surface area contributed by atoms with Crippen molar-refractivity contribution in [1.82, 2.24) is 20.4 Å². The van der Waals surface area contributed by atoms with Crippen LogP contribution < -0.4 is 15.4 Å². The number of benzene rings is 1. The van der Waals surface area contributed by atoms with Crippen LogP contribution >= 0.6 is 0 Å². The Labute approximate surface area is 174 Å². The average molecular weight is 402 g/mol. The summed E-state index contributed by atoms with van der Waals surface area (Å²) in [6.07, 6.45) is 2.45. The second-order valence-corrected chi connectivity index (χ2v) is 8.35. The zero-order valence-electron chi connectivity index (χ0n) is 17.8. The van der Waals surface area contributed by atoms with Gasteiger partial charge in [0.25, 0.3) is 0 Å². The van der Waals surface area contributed by atoms with E-state index in [9.17, 15) is 0 Å². The number of ether oxygens (including phenoxy) is 2. The van der Waals surface area contributed by atoms with Crippen molar-refractivity contribution in [3.8, 4) is 5.75 Å². The van der Waals surface area contributed by atoms with Crippen molar-refractivity contribution in [1.29, 1.82) is 0 Å². The molecule has 1 aromatic carbocycles. The SMILES string of the molecule is CN=C(NCc1ccc(C)cc1OCC1CCCO1)NCC1CN2CCN1CC2. The first-order valence-corrected chi connectivity index (χ1v) is 11.0. The van der Waals surface area contributed by atoms with Crippen molar-refractivity contribution < 1.29 is 9.47 Å². The molecule has 4 heterocycles. The molecule has 0 radical (unpaired) electrons. The van der Waals surface area contributed by atoms with Crippen LogP contribution in [0.1, 0.15) is 24.0 Å². The van der Waals surface area contributed by atoms with Crippen LogP contribution in [0.4, 0.5) is 0 Å². The molecule has 1 aromatic rings. The van der Waals surface area contributed by atoms with Crippen LogP contribution in [-0.2, 0) is 11.3 Å². The summed E-state index contributed by atoms with van der Waals surface area (Å²) in [7, 11) is 1.83. The molecule has 0 amide bonds. The molecule has 2 atom stereocenters. The lowest BCUT2D eigenvalue weighted by molar-refractivity contribution is 0.0154. The second-order valence-electron chi connectivity index (χ2n) is 8.35. The van der Waals surface area contributed by atoms with Crippen molar-refractivity contribution in [2.45, 2.75) is 38.5 Å². The van der Waals surface area contributed by atoms with E-state index in [2.05, 4.69) is 50.5 Å². The van der Waals surface area contributed by atoms with Crippen LogP contribution in [0, 0.1) is 6.92 Å². The maximum atomic E-state index is 6.12. The van der Waals surface area contributed by atoms with E-state index in [0.29, 0.717) is 19.2 Å². The Hall–Kier alpha value is -1.83. The first-order valence-electron chi connectivity index (χ1n) is 11.0. The van der Waals surface area contributed by atoms with Gasteiger partial charge in [0.15, 0.2) is 5.96 Å². The summed E-state index contributed by atoms with van der Waals surface area (Å²) in [4.78, 5) is 9.56. The summed E-state index contributed by atoms with van der Waals surface area (Å²) in [5.74, 6) is 1.78. The molecule has 29 heavy (non-hydrogen) atoms. The van der Waals surface area contributed by atoms with Crippen molar-refractivity contribution in [2.24, 2.45) is 4.99 Å². The van der Waals surface area contributed by atoms with E-state index in [1.54, 1.807) is 0 Å². The average Bonchev–Trinajstić information content (AvgIpc) is 3.28. The van der Waals surface area contributed by atoms with Crippen LogP contribution in [0.15, 0.2) is 23.2 Å². The third-order valence-electron chi connectivity index (χ3n) is 6.24. The van der Waals surface area contributed by atoms with E-state index < -0.39 is 0 Å². The highest BCUT2D eigenvalue weighted by Crippen LogP contribution is 2.22. The summed E-state index contributed by atoms with van der Waals surface area (Å²) in [5, 5.41) is 6.96. The summed E-state index contributed by atoms with van der Waals surface area (Å²) in [5.41, 5.74) is 2.35. The van der Waals surface area contributed by atoms with Crippen molar-refractivity contribution in [2.75, 3.05) is 59.5 Å². The molecule has 2 unspecified atom stereocenters. The number of nitrogens with zero attached hydrogens (tertiary/aromatic N) is 3. The molecule has 4 aliphatic rings. The molecule has 5 rings (SSSR count). The third kappa shape index (κ3) is 5.41. The number of hydrogen-bond acceptors (Lipinski definition) is 5. The smallest absolute Gasteiger partial charge is 0.191 e. The number of guanidine groups is 1. The third-order valence-corrected chi connectivity index (χ3v) is 6.24. The van der Waals surface area contributed by atoms with Gasteiger partial charge >= 0.3 is 0 Å². The van der Waals surface area contributed by atoms with Gasteiger partial charge in [0.05, 0.1) is 6.10 Å². The van der Waals surface area contributed by atoms with Crippen molar-refractivity contribution in [3.05, 3.63) is 29.3 Å². The Kier molecular flexibility index (Phi) is 6.90. The maximum absolute atomic E-state index is 6.12. The molecule has 0 spiro atoms. The fraction of sp³-hybridized carbons (Fsp3) is 0.682. The first-order chi connectivity index (χ1) is 14.2. The Bertz CT molecular complexity index is 696. The molecular formula is C22H35N5O2. The van der Waals surface area contributed by atoms with E-state index in [1.807, 2.05) is 7.05 Å². The minimum atomic E-state index is 0.224. The van der Waals surface area contributed by atoms with Gasteiger partial charge in [-0.25, -0.2) is 0 Å². The molecule has 2 bridgehead atoms. The summed E-state index contributed by atoms with van der Waals surface area (Å²) in [6.45, 7) is 11.1. The molecule has 0 aliphatic carbocycles. The predicted octanol–water partition coefficient (Wildman–Crippen LogP) is 1.22. The minimum Gasteiger partial charge on any atom is -0.491 e. The largest absolute Gasteiger partial charge is 0.491 e. The number of hydrogen-bond donors (Lipinski definition) is 2. The van der Waals surface area contributed by atoms with Crippen molar-refractivity contribution in [3.63, 3.8) is 0 Å². The van der Waals surface area contributed by atoms with Crippen LogP contribution in [-0.4, -0.2) is 87.4 Å². The molecule has 7 heteroatoms. The zero-order chi connectivity index (χ0) is 20.1. The molecule has 4 aliphatic heterocycles. The zero-order valence-corrected chi connectivity index (χ0v) is 17.8. The lowest BCUT2D eigenvalue weighted by Crippen LogP contribution is -2.63. The number of piperazine rings is 3. The fourth-order valence-electron chi connectivity index (χ4n) is 4.43. The van der Waals surface area contributed by atoms with Crippen LogP contribution in [0.5, 0.6) is 5.75 Å². The molecular weight excluding hydrogens is 366 g/mol. The highest BCUT2D eigenvalue weighted by atomic mass is 16.5. The minimum absolute atomic E-state index is 0.224.